The second-order valence-corrected chi connectivity index (χ2v) is 5.29. The van der Waals surface area contributed by atoms with Gasteiger partial charge in [-0.3, -0.25) is 0 Å². The summed E-state index contributed by atoms with van der Waals surface area (Å²) in [6, 6.07) is 4.39. The molecule has 0 amide bonds. The van der Waals surface area contributed by atoms with Crippen LogP contribution in [0.5, 0.6) is 5.75 Å². The van der Waals surface area contributed by atoms with E-state index in [2.05, 4.69) is 14.8 Å². The number of rotatable bonds is 4. The van der Waals surface area contributed by atoms with E-state index in [9.17, 15) is 4.79 Å². The number of halogens is 1. The zero-order valence-electron chi connectivity index (χ0n) is 11.3. The highest BCUT2D eigenvalue weighted by molar-refractivity contribution is 6.32. The minimum absolute atomic E-state index is 0.132. The first-order valence-corrected chi connectivity index (χ1v) is 7.09. The predicted octanol–water partition coefficient (Wildman–Crippen LogP) is 2.55. The molecule has 0 fully saturated rings. The van der Waals surface area contributed by atoms with Gasteiger partial charge >= 0.3 is 5.97 Å². The number of fused-ring (bicyclic) bond motifs is 1. The highest BCUT2D eigenvalue weighted by Gasteiger charge is 2.16. The molecule has 0 unspecified atom stereocenters. The van der Waals surface area contributed by atoms with Crippen LogP contribution in [0.2, 0.25) is 5.02 Å². The number of benzene rings is 1. The van der Waals surface area contributed by atoms with Gasteiger partial charge in [0.15, 0.2) is 5.82 Å². The van der Waals surface area contributed by atoms with E-state index in [-0.39, 0.29) is 17.2 Å². The number of aromatic carboxylic acids is 1. The largest absolute Gasteiger partial charge is 0.484 e. The van der Waals surface area contributed by atoms with Crippen molar-refractivity contribution in [3.63, 3.8) is 0 Å². The lowest BCUT2D eigenvalue weighted by Gasteiger charge is -2.15. The van der Waals surface area contributed by atoms with Gasteiger partial charge in [-0.25, -0.2) is 4.79 Å². The third kappa shape index (κ3) is 2.85. The molecule has 3 rings (SSSR count). The quantitative estimate of drug-likeness (QED) is 0.939. The molecular weight excluding hydrogens is 294 g/mol. The minimum atomic E-state index is -1.02. The highest BCUT2D eigenvalue weighted by atomic mass is 35.5. The summed E-state index contributed by atoms with van der Waals surface area (Å²) in [4.78, 5) is 10.8. The van der Waals surface area contributed by atoms with E-state index in [0.29, 0.717) is 5.75 Å². The summed E-state index contributed by atoms with van der Waals surface area (Å²) in [5.41, 5.74) is 0.132. The van der Waals surface area contributed by atoms with E-state index < -0.39 is 5.97 Å². The van der Waals surface area contributed by atoms with E-state index in [0.717, 1.165) is 37.5 Å². The van der Waals surface area contributed by atoms with Crippen LogP contribution in [0.4, 0.5) is 0 Å². The van der Waals surface area contributed by atoms with Gasteiger partial charge in [0.1, 0.15) is 18.2 Å². The van der Waals surface area contributed by atoms with Crippen LogP contribution in [-0.4, -0.2) is 25.8 Å². The molecule has 0 saturated carbocycles. The Bertz CT molecular complexity index is 684. The van der Waals surface area contributed by atoms with Gasteiger partial charge in [-0.05, 0) is 31.0 Å². The van der Waals surface area contributed by atoms with Crippen molar-refractivity contribution >= 4 is 17.6 Å². The van der Waals surface area contributed by atoms with Crippen LogP contribution >= 0.6 is 11.6 Å². The molecule has 1 aromatic carbocycles. The second kappa shape index (κ2) is 5.73. The third-order valence-corrected chi connectivity index (χ3v) is 3.77. The molecule has 0 radical (unpaired) electrons. The summed E-state index contributed by atoms with van der Waals surface area (Å²) in [6.45, 7) is 1.17. The summed E-state index contributed by atoms with van der Waals surface area (Å²) in [7, 11) is 0. The molecule has 0 atom stereocenters. The molecule has 2 heterocycles. The molecular formula is C14H14ClN3O3. The van der Waals surface area contributed by atoms with Crippen molar-refractivity contribution in [3.05, 3.63) is 40.4 Å². The number of hydrogen-bond acceptors (Lipinski definition) is 4. The normalized spacial score (nSPS) is 13.8. The third-order valence-electron chi connectivity index (χ3n) is 3.47. The molecule has 7 heteroatoms. The fourth-order valence-corrected chi connectivity index (χ4v) is 2.60. The maximum Gasteiger partial charge on any atom is 0.335 e. The minimum Gasteiger partial charge on any atom is -0.484 e. The van der Waals surface area contributed by atoms with Gasteiger partial charge in [0.05, 0.1) is 10.6 Å². The van der Waals surface area contributed by atoms with Crippen molar-refractivity contribution in [1.82, 2.24) is 14.8 Å². The number of carbonyl (C=O) groups is 1. The Kier molecular flexibility index (Phi) is 3.79. The maximum atomic E-state index is 10.8. The van der Waals surface area contributed by atoms with Crippen LogP contribution in [0.3, 0.4) is 0 Å². The molecule has 2 aromatic rings. The number of ether oxygens (including phenoxy) is 1. The first kappa shape index (κ1) is 13.9. The van der Waals surface area contributed by atoms with Gasteiger partial charge in [0, 0.05) is 13.0 Å². The second-order valence-electron chi connectivity index (χ2n) is 4.88. The number of aromatic nitrogens is 3. The standard InChI is InChI=1S/C14H14ClN3O3/c15-10-7-9(14(19)20)4-5-11(10)21-8-13-17-16-12-3-1-2-6-18(12)13/h4-5,7H,1-3,6,8H2,(H,19,20). The molecule has 1 aliphatic heterocycles. The average molecular weight is 308 g/mol. The smallest absolute Gasteiger partial charge is 0.335 e. The van der Waals surface area contributed by atoms with Crippen LogP contribution in [0.15, 0.2) is 18.2 Å². The van der Waals surface area contributed by atoms with Gasteiger partial charge in [-0.2, -0.15) is 0 Å². The van der Waals surface area contributed by atoms with E-state index in [4.69, 9.17) is 21.4 Å². The van der Waals surface area contributed by atoms with Crippen LogP contribution in [0.25, 0.3) is 0 Å². The maximum absolute atomic E-state index is 10.8. The zero-order valence-corrected chi connectivity index (χ0v) is 12.0. The first-order valence-electron chi connectivity index (χ1n) is 6.72. The fraction of sp³-hybridized carbons (Fsp3) is 0.357. The van der Waals surface area contributed by atoms with Gasteiger partial charge in [0.2, 0.25) is 0 Å². The summed E-state index contributed by atoms with van der Waals surface area (Å²) in [5.74, 6) is 1.18. The van der Waals surface area contributed by atoms with Gasteiger partial charge in [-0.1, -0.05) is 11.6 Å². The van der Waals surface area contributed by atoms with Crippen molar-refractivity contribution in [3.8, 4) is 5.75 Å². The van der Waals surface area contributed by atoms with Gasteiger partial charge in [-0.15, -0.1) is 10.2 Å². The summed E-state index contributed by atoms with van der Waals surface area (Å²) < 4.78 is 7.71. The molecule has 110 valence electrons. The fourth-order valence-electron chi connectivity index (χ4n) is 2.37. The summed E-state index contributed by atoms with van der Waals surface area (Å²) in [5, 5.41) is 17.5. The van der Waals surface area contributed by atoms with E-state index in [1.165, 1.54) is 12.1 Å². The molecule has 1 aromatic heterocycles. The molecule has 6 nitrogen and oxygen atoms in total. The lowest BCUT2D eigenvalue weighted by Crippen LogP contribution is -2.14. The topological polar surface area (TPSA) is 77.2 Å². The van der Waals surface area contributed by atoms with E-state index in [1.54, 1.807) is 6.07 Å². The molecule has 1 N–H and O–H groups in total. The highest BCUT2D eigenvalue weighted by Crippen LogP contribution is 2.26. The molecule has 0 bridgehead atoms. The van der Waals surface area contributed by atoms with Crippen molar-refractivity contribution in [2.45, 2.75) is 32.4 Å². The SMILES string of the molecule is O=C(O)c1ccc(OCc2nnc3n2CCCC3)c(Cl)c1. The van der Waals surface area contributed by atoms with Crippen LogP contribution < -0.4 is 4.74 Å². The molecule has 0 saturated heterocycles. The molecule has 0 aliphatic carbocycles. The molecule has 21 heavy (non-hydrogen) atoms. The van der Waals surface area contributed by atoms with Gasteiger partial charge in [0.25, 0.3) is 0 Å². The molecule has 0 spiro atoms. The number of carboxylic acids is 1. The lowest BCUT2D eigenvalue weighted by molar-refractivity contribution is 0.0697. The van der Waals surface area contributed by atoms with E-state index in [1.807, 2.05) is 0 Å². The first-order chi connectivity index (χ1) is 10.1. The van der Waals surface area contributed by atoms with Crippen molar-refractivity contribution in [1.29, 1.82) is 0 Å². The number of hydrogen-bond donors (Lipinski definition) is 1. The van der Waals surface area contributed by atoms with E-state index >= 15 is 0 Å². The lowest BCUT2D eigenvalue weighted by atomic mass is 10.2. The number of aryl methyl sites for hydroxylation is 1. The van der Waals surface area contributed by atoms with Crippen LogP contribution in [-0.2, 0) is 19.6 Å². The number of carboxylic acid groups (broad SMARTS) is 1. The van der Waals surface area contributed by atoms with Crippen LogP contribution in [0.1, 0.15) is 34.8 Å². The number of nitrogens with zero attached hydrogens (tertiary/aromatic N) is 3. The Morgan fingerprint density at radius 3 is 3.00 bits per heavy atom. The van der Waals surface area contributed by atoms with Crippen LogP contribution in [0, 0.1) is 0 Å². The van der Waals surface area contributed by atoms with Crippen molar-refractivity contribution in [2.24, 2.45) is 0 Å². The summed E-state index contributed by atoms with van der Waals surface area (Å²) >= 11 is 6.03. The van der Waals surface area contributed by atoms with Gasteiger partial charge < -0.3 is 14.4 Å². The monoisotopic (exact) mass is 307 g/mol. The zero-order chi connectivity index (χ0) is 14.8. The predicted molar refractivity (Wildman–Crippen MR) is 75.7 cm³/mol. The Hall–Kier alpha value is -2.08. The Morgan fingerprint density at radius 2 is 2.24 bits per heavy atom. The Balaban J connectivity index is 1.73. The molecule has 1 aliphatic rings. The Morgan fingerprint density at radius 1 is 1.38 bits per heavy atom. The van der Waals surface area contributed by atoms with Crippen molar-refractivity contribution < 1.29 is 14.6 Å². The Labute approximate surface area is 126 Å². The summed E-state index contributed by atoms with van der Waals surface area (Å²) in [6.07, 6.45) is 3.20. The average Bonchev–Trinajstić information content (AvgIpc) is 2.89. The van der Waals surface area contributed by atoms with Crippen molar-refractivity contribution in [2.75, 3.05) is 0 Å².